The highest BCUT2D eigenvalue weighted by Gasteiger charge is 2.32. The first kappa shape index (κ1) is 11.1. The van der Waals surface area contributed by atoms with Gasteiger partial charge >= 0.3 is 0 Å². The van der Waals surface area contributed by atoms with Crippen LogP contribution in [0.4, 0.5) is 0 Å². The van der Waals surface area contributed by atoms with E-state index in [1.54, 1.807) is 11.3 Å². The summed E-state index contributed by atoms with van der Waals surface area (Å²) in [5.74, 6) is 0. The van der Waals surface area contributed by atoms with E-state index in [1.807, 2.05) is 13.8 Å². The summed E-state index contributed by atoms with van der Waals surface area (Å²) in [4.78, 5) is 3.80. The molecule has 2 rings (SSSR count). The molecule has 1 aromatic rings. The normalized spacial score (nSPS) is 17.3. The van der Waals surface area contributed by atoms with Crippen LogP contribution in [-0.4, -0.2) is 28.2 Å². The van der Waals surface area contributed by atoms with Gasteiger partial charge in [-0.3, -0.25) is 4.90 Å². The van der Waals surface area contributed by atoms with Crippen LogP contribution >= 0.6 is 11.3 Å². The van der Waals surface area contributed by atoms with Crippen molar-refractivity contribution in [3.8, 4) is 0 Å². The molecular weight excluding hydrogens is 206 g/mol. The van der Waals surface area contributed by atoms with Gasteiger partial charge in [0.25, 0.3) is 0 Å². The Labute approximate surface area is 95.5 Å². The molecule has 0 spiro atoms. The van der Waals surface area contributed by atoms with Crippen LogP contribution < -0.4 is 0 Å². The van der Waals surface area contributed by atoms with Crippen molar-refractivity contribution >= 4 is 11.3 Å². The third-order valence-corrected chi connectivity index (χ3v) is 3.45. The van der Waals surface area contributed by atoms with E-state index in [-0.39, 0.29) is 0 Å². The number of rotatable bonds is 5. The fraction of sp³-hybridized carbons (Fsp3) is 0.667. The third kappa shape index (κ3) is 3.59. The molecule has 0 aromatic carbocycles. The summed E-state index contributed by atoms with van der Waals surface area (Å²) >= 11 is 1.80. The maximum Gasteiger partial charge on any atom is 0.0718 e. The molecule has 1 fully saturated rings. The van der Waals surface area contributed by atoms with Crippen LogP contribution in [0, 0.1) is 0 Å². The number of hydrogen-bond donors (Lipinski definition) is 1. The second kappa shape index (κ2) is 4.24. The monoisotopic (exact) mass is 225 g/mol. The lowest BCUT2D eigenvalue weighted by molar-refractivity contribution is 0.0308. The van der Waals surface area contributed by atoms with Crippen LogP contribution in [0.3, 0.4) is 0 Å². The Bertz CT molecular complexity index is 298. The first-order valence-corrected chi connectivity index (χ1v) is 6.41. The van der Waals surface area contributed by atoms with Crippen molar-refractivity contribution in [1.29, 1.82) is 0 Å². The smallest absolute Gasteiger partial charge is 0.0718 e. The Hall–Kier alpha value is -0.380. The van der Waals surface area contributed by atoms with Crippen molar-refractivity contribution in [2.45, 2.75) is 44.9 Å². The Morgan fingerprint density at radius 1 is 1.53 bits per heavy atom. The fourth-order valence-electron chi connectivity index (χ4n) is 1.85. The lowest BCUT2D eigenvalue weighted by atomic mass is 10.1. The molecule has 1 aromatic heterocycles. The van der Waals surface area contributed by atoms with E-state index in [9.17, 15) is 5.11 Å². The average molecular weight is 225 g/mol. The average Bonchev–Trinajstić information content (AvgIpc) is 2.83. The predicted octanol–water partition coefficient (Wildman–Crippen LogP) is 2.48. The number of aliphatic hydroxyl groups is 1. The molecular formula is C12H19NOS. The van der Waals surface area contributed by atoms with E-state index in [0.717, 1.165) is 13.1 Å². The topological polar surface area (TPSA) is 23.5 Å². The maximum atomic E-state index is 9.86. The summed E-state index contributed by atoms with van der Waals surface area (Å²) in [6.07, 6.45) is 2.59. The van der Waals surface area contributed by atoms with Gasteiger partial charge in [0.15, 0.2) is 0 Å². The minimum atomic E-state index is -0.583. The van der Waals surface area contributed by atoms with Gasteiger partial charge in [-0.15, -0.1) is 11.3 Å². The van der Waals surface area contributed by atoms with Gasteiger partial charge in [0.2, 0.25) is 0 Å². The Balaban J connectivity index is 1.95. The second-order valence-electron chi connectivity index (χ2n) is 5.03. The zero-order chi connectivity index (χ0) is 10.9. The van der Waals surface area contributed by atoms with Gasteiger partial charge in [0.05, 0.1) is 5.60 Å². The van der Waals surface area contributed by atoms with Gasteiger partial charge in [-0.2, -0.15) is 0 Å². The molecule has 15 heavy (non-hydrogen) atoms. The van der Waals surface area contributed by atoms with E-state index in [0.29, 0.717) is 6.04 Å². The molecule has 1 aliphatic rings. The highest BCUT2D eigenvalue weighted by Crippen LogP contribution is 2.30. The van der Waals surface area contributed by atoms with Gasteiger partial charge in [-0.25, -0.2) is 0 Å². The minimum absolute atomic E-state index is 0.583. The van der Waals surface area contributed by atoms with E-state index in [2.05, 4.69) is 22.4 Å². The van der Waals surface area contributed by atoms with E-state index in [1.165, 1.54) is 17.7 Å². The first-order valence-electron chi connectivity index (χ1n) is 5.53. The van der Waals surface area contributed by atoms with E-state index >= 15 is 0 Å². The van der Waals surface area contributed by atoms with Gasteiger partial charge in [-0.1, -0.05) is 6.07 Å². The quantitative estimate of drug-likeness (QED) is 0.832. The lowest BCUT2D eigenvalue weighted by Crippen LogP contribution is -2.39. The van der Waals surface area contributed by atoms with E-state index in [4.69, 9.17) is 0 Å². The number of nitrogens with zero attached hydrogens (tertiary/aromatic N) is 1. The SMILES string of the molecule is CC(C)(O)CN(Cc1cccs1)C1CC1. The van der Waals surface area contributed by atoms with Gasteiger partial charge in [-0.05, 0) is 38.1 Å². The summed E-state index contributed by atoms with van der Waals surface area (Å²) in [7, 11) is 0. The third-order valence-electron chi connectivity index (χ3n) is 2.59. The Morgan fingerprint density at radius 3 is 2.73 bits per heavy atom. The standard InChI is InChI=1S/C12H19NOS/c1-12(2,14)9-13(10-5-6-10)8-11-4-3-7-15-11/h3-4,7,10,14H,5-6,8-9H2,1-2H3. The highest BCUT2D eigenvalue weighted by atomic mass is 32.1. The molecule has 1 saturated carbocycles. The summed E-state index contributed by atoms with van der Waals surface area (Å²) < 4.78 is 0. The van der Waals surface area contributed by atoms with Crippen molar-refractivity contribution in [1.82, 2.24) is 4.90 Å². The predicted molar refractivity (Wildman–Crippen MR) is 64.0 cm³/mol. The molecule has 0 bridgehead atoms. The van der Waals surface area contributed by atoms with Crippen LogP contribution in [0.1, 0.15) is 31.6 Å². The zero-order valence-corrected chi connectivity index (χ0v) is 10.3. The molecule has 84 valence electrons. The minimum Gasteiger partial charge on any atom is -0.389 e. The van der Waals surface area contributed by atoms with Crippen molar-refractivity contribution in [2.24, 2.45) is 0 Å². The zero-order valence-electron chi connectivity index (χ0n) is 9.44. The largest absolute Gasteiger partial charge is 0.389 e. The molecule has 2 nitrogen and oxygen atoms in total. The van der Waals surface area contributed by atoms with Gasteiger partial charge in [0, 0.05) is 24.0 Å². The molecule has 1 aliphatic carbocycles. The summed E-state index contributed by atoms with van der Waals surface area (Å²) in [5.41, 5.74) is -0.583. The van der Waals surface area contributed by atoms with Crippen LogP contribution in [-0.2, 0) is 6.54 Å². The lowest BCUT2D eigenvalue weighted by Gasteiger charge is -2.28. The van der Waals surface area contributed by atoms with Crippen LogP contribution in [0.25, 0.3) is 0 Å². The fourth-order valence-corrected chi connectivity index (χ4v) is 2.58. The Morgan fingerprint density at radius 2 is 2.27 bits per heavy atom. The number of thiophene rings is 1. The summed E-state index contributed by atoms with van der Waals surface area (Å²) in [6.45, 7) is 5.54. The molecule has 0 aliphatic heterocycles. The molecule has 0 amide bonds. The van der Waals surface area contributed by atoms with Crippen molar-refractivity contribution in [3.63, 3.8) is 0 Å². The molecule has 1 N–H and O–H groups in total. The summed E-state index contributed by atoms with van der Waals surface area (Å²) in [5, 5.41) is 12.0. The van der Waals surface area contributed by atoms with Crippen molar-refractivity contribution in [3.05, 3.63) is 22.4 Å². The van der Waals surface area contributed by atoms with Crippen molar-refractivity contribution in [2.75, 3.05) is 6.54 Å². The second-order valence-corrected chi connectivity index (χ2v) is 6.06. The number of hydrogen-bond acceptors (Lipinski definition) is 3. The molecule has 1 heterocycles. The molecule has 0 radical (unpaired) electrons. The first-order chi connectivity index (χ1) is 7.04. The summed E-state index contributed by atoms with van der Waals surface area (Å²) in [6, 6.07) is 4.97. The van der Waals surface area contributed by atoms with Crippen molar-refractivity contribution < 1.29 is 5.11 Å². The molecule has 3 heteroatoms. The molecule has 0 atom stereocenters. The molecule has 0 unspecified atom stereocenters. The van der Waals surface area contributed by atoms with Gasteiger partial charge in [0.1, 0.15) is 0 Å². The molecule has 0 saturated heterocycles. The van der Waals surface area contributed by atoms with Crippen LogP contribution in [0.15, 0.2) is 17.5 Å². The van der Waals surface area contributed by atoms with Crippen LogP contribution in [0.2, 0.25) is 0 Å². The highest BCUT2D eigenvalue weighted by molar-refractivity contribution is 7.09. The Kier molecular flexibility index (Phi) is 3.14. The maximum absolute atomic E-state index is 9.86. The van der Waals surface area contributed by atoms with Crippen LogP contribution in [0.5, 0.6) is 0 Å². The van der Waals surface area contributed by atoms with E-state index < -0.39 is 5.60 Å². The van der Waals surface area contributed by atoms with Gasteiger partial charge < -0.3 is 5.11 Å².